The lowest BCUT2D eigenvalue weighted by Crippen LogP contribution is -2.52. The summed E-state index contributed by atoms with van der Waals surface area (Å²) in [6.45, 7) is 2.86. The van der Waals surface area contributed by atoms with Crippen molar-refractivity contribution in [2.75, 3.05) is 19.6 Å². The number of halogens is 2. The second kappa shape index (κ2) is 8.11. The monoisotopic (exact) mass is 422 g/mol. The third kappa shape index (κ3) is 3.83. The summed E-state index contributed by atoms with van der Waals surface area (Å²) in [5.74, 6) is -0.628. The molecular formula is C21H24ClFN2O2S. The summed E-state index contributed by atoms with van der Waals surface area (Å²) in [5, 5.41) is 2.52. The van der Waals surface area contributed by atoms with Gasteiger partial charge in [-0.05, 0) is 55.1 Å². The largest absolute Gasteiger partial charge is 0.316 e. The van der Waals surface area contributed by atoms with Crippen molar-refractivity contribution >= 4 is 21.4 Å². The van der Waals surface area contributed by atoms with Crippen LogP contribution in [0.5, 0.6) is 0 Å². The van der Waals surface area contributed by atoms with E-state index in [1.165, 1.54) is 23.3 Å². The summed E-state index contributed by atoms with van der Waals surface area (Å²) in [7, 11) is -3.71. The van der Waals surface area contributed by atoms with Gasteiger partial charge >= 0.3 is 0 Å². The van der Waals surface area contributed by atoms with E-state index >= 15 is 0 Å². The fraction of sp³-hybridized carbons (Fsp3) is 0.429. The van der Waals surface area contributed by atoms with Crippen LogP contribution in [-0.4, -0.2) is 38.3 Å². The lowest BCUT2D eigenvalue weighted by molar-refractivity contribution is 0.162. The molecule has 2 aliphatic heterocycles. The summed E-state index contributed by atoms with van der Waals surface area (Å²) in [5.41, 5.74) is 2.45. The molecule has 28 heavy (non-hydrogen) atoms. The minimum absolute atomic E-state index is 0.0205. The smallest absolute Gasteiger partial charge is 0.194 e. The molecule has 4 nitrogen and oxygen atoms in total. The van der Waals surface area contributed by atoms with Crippen molar-refractivity contribution in [3.05, 3.63) is 64.4 Å². The van der Waals surface area contributed by atoms with E-state index in [1.807, 2.05) is 12.1 Å². The Bertz CT molecular complexity index is 961. The standard InChI is InChI=1S/C21H24ClFN2O2S/c22-19-12-18(7-8-20(19)23)28(26,27)21(16-6-3-10-24-13-16)25-11-9-15-4-1-2-5-17(15)14-25/h1-2,4-5,7-8,12,16,21,24H,3,6,9-11,13-14H2. The molecule has 1 N–H and O–H groups in total. The van der Waals surface area contributed by atoms with Gasteiger partial charge in [-0.2, -0.15) is 0 Å². The van der Waals surface area contributed by atoms with Crippen LogP contribution in [0.1, 0.15) is 24.0 Å². The van der Waals surface area contributed by atoms with Crippen LogP contribution in [0.25, 0.3) is 0 Å². The zero-order valence-electron chi connectivity index (χ0n) is 15.6. The molecule has 0 saturated carbocycles. The van der Waals surface area contributed by atoms with Crippen molar-refractivity contribution < 1.29 is 12.8 Å². The number of rotatable bonds is 4. The highest BCUT2D eigenvalue weighted by atomic mass is 35.5. The van der Waals surface area contributed by atoms with Crippen LogP contribution in [0.2, 0.25) is 5.02 Å². The number of piperidine rings is 1. The van der Waals surface area contributed by atoms with E-state index < -0.39 is 21.0 Å². The van der Waals surface area contributed by atoms with Crippen molar-refractivity contribution in [2.45, 2.75) is 36.1 Å². The first-order valence-electron chi connectivity index (χ1n) is 9.67. The number of fused-ring (bicyclic) bond motifs is 1. The first kappa shape index (κ1) is 19.8. The van der Waals surface area contributed by atoms with Gasteiger partial charge in [-0.15, -0.1) is 0 Å². The minimum Gasteiger partial charge on any atom is -0.316 e. The molecule has 0 radical (unpaired) electrons. The van der Waals surface area contributed by atoms with E-state index in [-0.39, 0.29) is 15.8 Å². The maximum Gasteiger partial charge on any atom is 0.194 e. The van der Waals surface area contributed by atoms with Crippen LogP contribution in [0.4, 0.5) is 4.39 Å². The van der Waals surface area contributed by atoms with Crippen molar-refractivity contribution in [3.8, 4) is 0 Å². The van der Waals surface area contributed by atoms with Crippen LogP contribution in [-0.2, 0) is 22.8 Å². The number of nitrogens with zero attached hydrogens (tertiary/aromatic N) is 1. The average Bonchev–Trinajstić information content (AvgIpc) is 2.70. The number of sulfone groups is 1. The van der Waals surface area contributed by atoms with Crippen molar-refractivity contribution in [1.82, 2.24) is 10.2 Å². The zero-order valence-corrected chi connectivity index (χ0v) is 17.1. The molecule has 2 heterocycles. The van der Waals surface area contributed by atoms with Gasteiger partial charge in [-0.1, -0.05) is 35.9 Å². The number of benzene rings is 2. The Balaban J connectivity index is 1.72. The molecule has 0 bridgehead atoms. The highest BCUT2D eigenvalue weighted by Gasteiger charge is 2.41. The lowest BCUT2D eigenvalue weighted by Gasteiger charge is -2.40. The molecule has 0 aromatic heterocycles. The Morgan fingerprint density at radius 3 is 2.68 bits per heavy atom. The van der Waals surface area contributed by atoms with Crippen molar-refractivity contribution in [2.24, 2.45) is 5.92 Å². The minimum atomic E-state index is -3.71. The normalized spacial score (nSPS) is 21.9. The molecule has 2 unspecified atom stereocenters. The Morgan fingerprint density at radius 2 is 1.96 bits per heavy atom. The Hall–Kier alpha value is -1.47. The molecule has 4 rings (SSSR count). The van der Waals surface area contributed by atoms with Gasteiger partial charge in [0.1, 0.15) is 11.2 Å². The molecular weight excluding hydrogens is 399 g/mol. The van der Waals surface area contributed by atoms with Crippen LogP contribution in [0.3, 0.4) is 0 Å². The van der Waals surface area contributed by atoms with Gasteiger partial charge < -0.3 is 5.32 Å². The molecule has 2 atom stereocenters. The number of hydrogen-bond acceptors (Lipinski definition) is 4. The van der Waals surface area contributed by atoms with E-state index in [9.17, 15) is 12.8 Å². The van der Waals surface area contributed by atoms with E-state index in [0.717, 1.165) is 31.9 Å². The van der Waals surface area contributed by atoms with Gasteiger partial charge in [-0.3, -0.25) is 4.90 Å². The fourth-order valence-electron chi connectivity index (χ4n) is 4.40. The van der Waals surface area contributed by atoms with Crippen LogP contribution < -0.4 is 5.32 Å². The third-order valence-corrected chi connectivity index (χ3v) is 8.32. The Labute approximate surface area is 170 Å². The first-order chi connectivity index (χ1) is 13.5. The fourth-order valence-corrected chi connectivity index (χ4v) is 6.77. The van der Waals surface area contributed by atoms with Crippen molar-refractivity contribution in [3.63, 3.8) is 0 Å². The molecule has 7 heteroatoms. The van der Waals surface area contributed by atoms with Gasteiger partial charge in [0.2, 0.25) is 0 Å². The van der Waals surface area contributed by atoms with Gasteiger partial charge in [0.05, 0.1) is 9.92 Å². The maximum absolute atomic E-state index is 13.7. The summed E-state index contributed by atoms with van der Waals surface area (Å²) in [4.78, 5) is 2.17. The lowest BCUT2D eigenvalue weighted by atomic mass is 9.95. The quantitative estimate of drug-likeness (QED) is 0.764. The second-order valence-electron chi connectivity index (χ2n) is 7.61. The SMILES string of the molecule is O=S(=O)(c1ccc(F)c(Cl)c1)C(C1CCCNC1)N1CCc2ccccc2C1. The van der Waals surface area contributed by atoms with Crippen LogP contribution in [0, 0.1) is 11.7 Å². The molecule has 150 valence electrons. The molecule has 2 aliphatic rings. The van der Waals surface area contributed by atoms with Gasteiger partial charge in [0.25, 0.3) is 0 Å². The van der Waals surface area contributed by atoms with Gasteiger partial charge in [0, 0.05) is 25.6 Å². The molecule has 2 aromatic carbocycles. The molecule has 1 fully saturated rings. The van der Waals surface area contributed by atoms with E-state index in [1.54, 1.807) is 0 Å². The molecule has 0 spiro atoms. The molecule has 1 saturated heterocycles. The molecule has 0 aliphatic carbocycles. The topological polar surface area (TPSA) is 49.4 Å². The van der Waals surface area contributed by atoms with E-state index in [0.29, 0.717) is 19.6 Å². The molecule has 2 aromatic rings. The predicted molar refractivity (Wildman–Crippen MR) is 109 cm³/mol. The summed E-state index contributed by atoms with van der Waals surface area (Å²) < 4.78 is 40.9. The van der Waals surface area contributed by atoms with Crippen LogP contribution in [0.15, 0.2) is 47.4 Å². The Morgan fingerprint density at radius 1 is 1.18 bits per heavy atom. The maximum atomic E-state index is 13.7. The summed E-state index contributed by atoms with van der Waals surface area (Å²) >= 11 is 5.90. The number of nitrogens with one attached hydrogen (secondary N) is 1. The highest BCUT2D eigenvalue weighted by molar-refractivity contribution is 7.92. The molecule has 0 amide bonds. The summed E-state index contributed by atoms with van der Waals surface area (Å²) in [6, 6.07) is 11.9. The predicted octanol–water partition coefficient (Wildman–Crippen LogP) is 3.64. The third-order valence-electron chi connectivity index (χ3n) is 5.80. The first-order valence-corrected chi connectivity index (χ1v) is 11.6. The zero-order chi connectivity index (χ0) is 19.7. The summed E-state index contributed by atoms with van der Waals surface area (Å²) in [6.07, 6.45) is 2.63. The van der Waals surface area contributed by atoms with E-state index in [4.69, 9.17) is 11.6 Å². The van der Waals surface area contributed by atoms with Crippen molar-refractivity contribution in [1.29, 1.82) is 0 Å². The Kier molecular flexibility index (Phi) is 5.74. The highest BCUT2D eigenvalue weighted by Crippen LogP contribution is 2.33. The number of hydrogen-bond donors (Lipinski definition) is 1. The van der Waals surface area contributed by atoms with E-state index in [2.05, 4.69) is 22.3 Å². The van der Waals surface area contributed by atoms with Gasteiger partial charge in [-0.25, -0.2) is 12.8 Å². The average molecular weight is 423 g/mol. The van der Waals surface area contributed by atoms with Crippen LogP contribution >= 0.6 is 11.6 Å². The van der Waals surface area contributed by atoms with Gasteiger partial charge in [0.15, 0.2) is 9.84 Å². The second-order valence-corrected chi connectivity index (χ2v) is 10.1.